The van der Waals surface area contributed by atoms with E-state index in [0.717, 1.165) is 60.4 Å². The molecule has 6 heteroatoms. The van der Waals surface area contributed by atoms with E-state index in [-0.39, 0.29) is 0 Å². The van der Waals surface area contributed by atoms with Crippen LogP contribution < -0.4 is 0 Å². The van der Waals surface area contributed by atoms with Crippen molar-refractivity contribution in [2.45, 2.75) is 0 Å². The molecule has 0 N–H and O–H groups in total. The molecule has 0 aliphatic heterocycles. The Balaban J connectivity index is 1.22. The van der Waals surface area contributed by atoms with E-state index in [1.165, 1.54) is 27.3 Å². The highest BCUT2D eigenvalue weighted by atomic mass is 16.3. The van der Waals surface area contributed by atoms with Gasteiger partial charge in [-0.15, -0.1) is 0 Å². The Morgan fingerprint density at radius 3 is 2.06 bits per heavy atom. The van der Waals surface area contributed by atoms with Crippen LogP contribution in [0.2, 0.25) is 0 Å². The zero-order chi connectivity index (χ0) is 34.2. The lowest BCUT2D eigenvalue weighted by Crippen LogP contribution is -2.06. The number of hydrogen-bond donors (Lipinski definition) is 0. The predicted molar refractivity (Wildman–Crippen MR) is 211 cm³/mol. The lowest BCUT2D eigenvalue weighted by atomic mass is 9.92. The average Bonchev–Trinajstić information content (AvgIpc) is 3.75. The molecule has 0 fully saturated rings. The van der Waals surface area contributed by atoms with E-state index in [2.05, 4.69) is 107 Å². The Kier molecular flexibility index (Phi) is 6.15. The molecule has 0 atom stereocenters. The van der Waals surface area contributed by atoms with Gasteiger partial charge in [-0.3, -0.25) is 9.55 Å². The van der Waals surface area contributed by atoms with Crippen LogP contribution >= 0.6 is 0 Å². The number of rotatable bonds is 4. The van der Waals surface area contributed by atoms with Crippen LogP contribution in [0.15, 0.2) is 168 Å². The number of fused-ring (bicyclic) bond motifs is 8. The Morgan fingerprint density at radius 1 is 0.442 bits per heavy atom. The SMILES string of the molecule is c1ccc(-c2nc(-c3ccc4c(c3)oc3cccnc34)nc(-n3c4ccccc4c4c(-c5ccc6ccccc6c5)c5ccccc5cc43)n2)cc1. The monoisotopic (exact) mass is 665 g/mol. The molecule has 0 saturated heterocycles. The number of hydrogen-bond acceptors (Lipinski definition) is 5. The third-order valence-corrected chi connectivity index (χ3v) is 10.1. The zero-order valence-electron chi connectivity index (χ0n) is 27.7. The molecule has 4 heterocycles. The Hall–Kier alpha value is -7.18. The van der Waals surface area contributed by atoms with Crippen LogP contribution in [0, 0.1) is 0 Å². The van der Waals surface area contributed by atoms with Crippen molar-refractivity contribution in [2.24, 2.45) is 0 Å². The van der Waals surface area contributed by atoms with Gasteiger partial charge < -0.3 is 4.42 Å². The van der Waals surface area contributed by atoms with Crippen LogP contribution in [-0.4, -0.2) is 24.5 Å². The summed E-state index contributed by atoms with van der Waals surface area (Å²) >= 11 is 0. The Morgan fingerprint density at radius 2 is 1.17 bits per heavy atom. The standard InChI is InChI=1S/C46H27N5O/c1-2-12-29(13-3-1)44-48-45(33-22-23-36-40(27-33)52-39-19-10-24-47-43(36)39)50-46(49-44)51-37-18-9-8-17-35(37)42-38(51)26-31-15-6-7-16-34(31)41(42)32-21-20-28-11-4-5-14-30(28)25-32/h1-27H. The van der Waals surface area contributed by atoms with Crippen LogP contribution in [-0.2, 0) is 0 Å². The first-order valence-electron chi connectivity index (χ1n) is 17.3. The third kappa shape index (κ3) is 4.38. The molecule has 0 aliphatic rings. The van der Waals surface area contributed by atoms with Crippen molar-refractivity contribution in [3.63, 3.8) is 0 Å². The van der Waals surface area contributed by atoms with E-state index in [4.69, 9.17) is 19.4 Å². The summed E-state index contributed by atoms with van der Waals surface area (Å²) in [6.07, 6.45) is 1.79. The van der Waals surface area contributed by atoms with Gasteiger partial charge in [0.15, 0.2) is 17.2 Å². The minimum absolute atomic E-state index is 0.543. The third-order valence-electron chi connectivity index (χ3n) is 10.1. The topological polar surface area (TPSA) is 69.6 Å². The molecule has 0 amide bonds. The van der Waals surface area contributed by atoms with Gasteiger partial charge in [0.05, 0.1) is 11.0 Å². The fourth-order valence-corrected chi connectivity index (χ4v) is 7.70. The quantitative estimate of drug-likeness (QED) is 0.187. The van der Waals surface area contributed by atoms with Crippen LogP contribution in [0.1, 0.15) is 0 Å². The van der Waals surface area contributed by atoms with Crippen LogP contribution in [0.5, 0.6) is 0 Å². The van der Waals surface area contributed by atoms with Crippen molar-refractivity contribution in [1.29, 1.82) is 0 Å². The van der Waals surface area contributed by atoms with Gasteiger partial charge >= 0.3 is 0 Å². The van der Waals surface area contributed by atoms with Gasteiger partial charge in [0.2, 0.25) is 5.95 Å². The zero-order valence-corrected chi connectivity index (χ0v) is 27.7. The molecule has 11 rings (SSSR count). The van der Waals surface area contributed by atoms with Gasteiger partial charge in [0.1, 0.15) is 11.1 Å². The summed E-state index contributed by atoms with van der Waals surface area (Å²) in [6, 6.07) is 54.8. The fourth-order valence-electron chi connectivity index (χ4n) is 7.70. The highest BCUT2D eigenvalue weighted by Gasteiger charge is 2.22. The normalized spacial score (nSPS) is 11.8. The molecule has 52 heavy (non-hydrogen) atoms. The highest BCUT2D eigenvalue weighted by molar-refractivity contribution is 6.23. The smallest absolute Gasteiger partial charge is 0.238 e. The first-order valence-corrected chi connectivity index (χ1v) is 17.3. The molecule has 0 bridgehead atoms. The number of aromatic nitrogens is 5. The second-order valence-electron chi connectivity index (χ2n) is 13.1. The van der Waals surface area contributed by atoms with E-state index in [0.29, 0.717) is 17.6 Å². The van der Waals surface area contributed by atoms with Gasteiger partial charge in [-0.2, -0.15) is 9.97 Å². The molecule has 6 nitrogen and oxygen atoms in total. The number of benzene rings is 7. The predicted octanol–water partition coefficient (Wildman–Crippen LogP) is 11.6. The maximum absolute atomic E-state index is 6.23. The fraction of sp³-hybridized carbons (Fsp3) is 0. The molecule has 4 aromatic heterocycles. The molecular weight excluding hydrogens is 639 g/mol. The maximum atomic E-state index is 6.23. The first kappa shape index (κ1) is 28.6. The van der Waals surface area contributed by atoms with E-state index in [1.54, 1.807) is 6.20 Å². The number of furan rings is 1. The molecule has 0 aliphatic carbocycles. The summed E-state index contributed by atoms with van der Waals surface area (Å²) < 4.78 is 8.43. The summed E-state index contributed by atoms with van der Waals surface area (Å²) in [5.41, 5.74) is 8.45. The number of pyridine rings is 1. The van der Waals surface area contributed by atoms with E-state index >= 15 is 0 Å². The Labute approximate surface area is 297 Å². The van der Waals surface area contributed by atoms with Crippen molar-refractivity contribution >= 4 is 65.4 Å². The summed E-state index contributed by atoms with van der Waals surface area (Å²) in [6.45, 7) is 0. The summed E-state index contributed by atoms with van der Waals surface area (Å²) in [4.78, 5) is 20.1. The second kappa shape index (κ2) is 11.2. The molecule has 11 aromatic rings. The van der Waals surface area contributed by atoms with Gasteiger partial charge in [-0.1, -0.05) is 115 Å². The van der Waals surface area contributed by atoms with Crippen molar-refractivity contribution < 1.29 is 4.42 Å². The highest BCUT2D eigenvalue weighted by Crippen LogP contribution is 2.43. The first-order chi connectivity index (χ1) is 25.8. The van der Waals surface area contributed by atoms with Crippen LogP contribution in [0.3, 0.4) is 0 Å². The van der Waals surface area contributed by atoms with Gasteiger partial charge in [0, 0.05) is 33.5 Å². The molecule has 0 spiro atoms. The summed E-state index contributed by atoms with van der Waals surface area (Å²) in [7, 11) is 0. The van der Waals surface area contributed by atoms with Crippen molar-refractivity contribution in [3.05, 3.63) is 164 Å². The van der Waals surface area contributed by atoms with Crippen molar-refractivity contribution in [1.82, 2.24) is 24.5 Å². The van der Waals surface area contributed by atoms with Gasteiger partial charge in [0.25, 0.3) is 0 Å². The molecule has 7 aromatic carbocycles. The van der Waals surface area contributed by atoms with Crippen LogP contribution in [0.4, 0.5) is 0 Å². The van der Waals surface area contributed by atoms with E-state index in [1.807, 2.05) is 60.7 Å². The number of para-hydroxylation sites is 1. The molecule has 0 saturated carbocycles. The lowest BCUT2D eigenvalue weighted by molar-refractivity contribution is 0.668. The largest absolute Gasteiger partial charge is 0.454 e. The van der Waals surface area contributed by atoms with Crippen LogP contribution in [0.25, 0.3) is 105 Å². The minimum atomic E-state index is 0.543. The molecular formula is C46H27N5O. The van der Waals surface area contributed by atoms with E-state index in [9.17, 15) is 0 Å². The van der Waals surface area contributed by atoms with Crippen molar-refractivity contribution in [3.8, 4) is 39.9 Å². The number of nitrogens with zero attached hydrogens (tertiary/aromatic N) is 5. The molecule has 0 unspecified atom stereocenters. The second-order valence-corrected chi connectivity index (χ2v) is 13.1. The Bertz CT molecular complexity index is 3200. The summed E-state index contributed by atoms with van der Waals surface area (Å²) in [5.74, 6) is 1.69. The lowest BCUT2D eigenvalue weighted by Gasteiger charge is -2.13. The maximum Gasteiger partial charge on any atom is 0.238 e. The minimum Gasteiger partial charge on any atom is -0.454 e. The van der Waals surface area contributed by atoms with E-state index < -0.39 is 0 Å². The van der Waals surface area contributed by atoms with Gasteiger partial charge in [-0.25, -0.2) is 4.98 Å². The van der Waals surface area contributed by atoms with Crippen molar-refractivity contribution in [2.75, 3.05) is 0 Å². The van der Waals surface area contributed by atoms with Gasteiger partial charge in [-0.05, 0) is 75.1 Å². The average molecular weight is 666 g/mol. The molecule has 0 radical (unpaired) electrons. The summed E-state index contributed by atoms with van der Waals surface area (Å²) in [5, 5.41) is 8.00. The molecule has 242 valence electrons.